The van der Waals surface area contributed by atoms with E-state index in [0.717, 1.165) is 10.6 Å². The van der Waals surface area contributed by atoms with Crippen molar-refractivity contribution < 1.29 is 0 Å². The molecule has 2 atom stereocenters. The summed E-state index contributed by atoms with van der Waals surface area (Å²) >= 11 is 14.3. The van der Waals surface area contributed by atoms with E-state index in [-0.39, 0.29) is 6.04 Å². The zero-order chi connectivity index (χ0) is 13.1. The summed E-state index contributed by atoms with van der Waals surface area (Å²) in [6, 6.07) is 6.31. The summed E-state index contributed by atoms with van der Waals surface area (Å²) in [7, 11) is 2.13. The van der Waals surface area contributed by atoms with Crippen molar-refractivity contribution in [1.82, 2.24) is 4.90 Å². The van der Waals surface area contributed by atoms with Crippen LogP contribution in [0.25, 0.3) is 0 Å². The summed E-state index contributed by atoms with van der Waals surface area (Å²) < 4.78 is 0. The summed E-state index contributed by atoms with van der Waals surface area (Å²) in [6.07, 6.45) is 1.22. The monoisotopic (exact) mass is 304 g/mol. The van der Waals surface area contributed by atoms with Gasteiger partial charge in [-0.1, -0.05) is 23.2 Å². The lowest BCUT2D eigenvalue weighted by Gasteiger charge is -2.32. The minimum atomic E-state index is 0.139. The van der Waals surface area contributed by atoms with E-state index in [2.05, 4.69) is 11.9 Å². The smallest absolute Gasteiger partial charge is 0.0485 e. The molecule has 0 saturated carbocycles. The number of rotatable bonds is 4. The van der Waals surface area contributed by atoms with Crippen molar-refractivity contribution >= 4 is 35.0 Å². The molecule has 100 valence electrons. The number of hydrogen-bond acceptors (Lipinski definition) is 3. The minimum absolute atomic E-state index is 0.139. The first-order valence-electron chi connectivity index (χ1n) is 6.08. The maximum absolute atomic E-state index is 6.27. The quantitative estimate of drug-likeness (QED) is 0.924. The van der Waals surface area contributed by atoms with Gasteiger partial charge >= 0.3 is 0 Å². The van der Waals surface area contributed by atoms with Crippen molar-refractivity contribution in [1.29, 1.82) is 0 Å². The molecule has 1 saturated heterocycles. The van der Waals surface area contributed by atoms with Gasteiger partial charge in [-0.3, -0.25) is 4.90 Å². The standard InChI is InChI=1S/C13H18Cl2N2S/c1-17(10-4-5-18-8-10)13(7-16)11-6-9(14)2-3-12(11)15/h2-3,6,10,13H,4-5,7-8,16H2,1H3. The maximum atomic E-state index is 6.27. The largest absolute Gasteiger partial charge is 0.329 e. The van der Waals surface area contributed by atoms with Crippen LogP contribution in [0.15, 0.2) is 18.2 Å². The summed E-state index contributed by atoms with van der Waals surface area (Å²) in [6.45, 7) is 0.553. The molecule has 5 heteroatoms. The number of nitrogens with zero attached hydrogens (tertiary/aromatic N) is 1. The van der Waals surface area contributed by atoms with Gasteiger partial charge in [0.25, 0.3) is 0 Å². The molecular weight excluding hydrogens is 287 g/mol. The van der Waals surface area contributed by atoms with Crippen LogP contribution >= 0.6 is 35.0 Å². The fraction of sp³-hybridized carbons (Fsp3) is 0.538. The first-order valence-corrected chi connectivity index (χ1v) is 7.99. The van der Waals surface area contributed by atoms with Gasteiger partial charge < -0.3 is 5.73 Å². The molecule has 2 unspecified atom stereocenters. The molecule has 0 amide bonds. The SMILES string of the molecule is CN(C1CCSC1)C(CN)c1cc(Cl)ccc1Cl. The Balaban J connectivity index is 2.23. The highest BCUT2D eigenvalue weighted by atomic mass is 35.5. The van der Waals surface area contributed by atoms with Crippen molar-refractivity contribution in [2.45, 2.75) is 18.5 Å². The highest BCUT2D eigenvalue weighted by molar-refractivity contribution is 7.99. The average Bonchev–Trinajstić information content (AvgIpc) is 2.88. The van der Waals surface area contributed by atoms with Gasteiger partial charge in [0.15, 0.2) is 0 Å². The highest BCUT2D eigenvalue weighted by Crippen LogP contribution is 2.32. The average molecular weight is 305 g/mol. The lowest BCUT2D eigenvalue weighted by atomic mass is 10.0. The van der Waals surface area contributed by atoms with E-state index < -0.39 is 0 Å². The van der Waals surface area contributed by atoms with Crippen molar-refractivity contribution in [3.05, 3.63) is 33.8 Å². The fourth-order valence-electron chi connectivity index (χ4n) is 2.38. The van der Waals surface area contributed by atoms with E-state index in [1.54, 1.807) is 0 Å². The molecule has 2 N–H and O–H groups in total. The van der Waals surface area contributed by atoms with Gasteiger partial charge in [-0.2, -0.15) is 11.8 Å². The predicted octanol–water partition coefficient (Wildman–Crippen LogP) is 3.43. The molecule has 1 fully saturated rings. The van der Waals surface area contributed by atoms with E-state index in [1.165, 1.54) is 17.9 Å². The molecule has 2 rings (SSSR count). The van der Waals surface area contributed by atoms with E-state index in [9.17, 15) is 0 Å². The van der Waals surface area contributed by atoms with Gasteiger partial charge in [0.2, 0.25) is 0 Å². The minimum Gasteiger partial charge on any atom is -0.329 e. The van der Waals surface area contributed by atoms with Crippen LogP contribution in [0, 0.1) is 0 Å². The Morgan fingerprint density at radius 3 is 2.89 bits per heavy atom. The molecule has 1 aromatic rings. The normalized spacial score (nSPS) is 21.5. The van der Waals surface area contributed by atoms with Crippen LogP contribution in [-0.4, -0.2) is 36.0 Å². The van der Waals surface area contributed by atoms with Crippen molar-refractivity contribution in [3.63, 3.8) is 0 Å². The van der Waals surface area contributed by atoms with Gasteiger partial charge in [0.1, 0.15) is 0 Å². The van der Waals surface area contributed by atoms with Crippen LogP contribution in [0.2, 0.25) is 10.0 Å². The zero-order valence-corrected chi connectivity index (χ0v) is 12.7. The van der Waals surface area contributed by atoms with E-state index in [4.69, 9.17) is 28.9 Å². The third-order valence-corrected chi connectivity index (χ3v) is 5.24. The van der Waals surface area contributed by atoms with Crippen LogP contribution in [0.5, 0.6) is 0 Å². The number of thioether (sulfide) groups is 1. The number of benzene rings is 1. The lowest BCUT2D eigenvalue weighted by Crippen LogP contribution is -2.38. The van der Waals surface area contributed by atoms with Gasteiger partial charge in [0, 0.05) is 34.4 Å². The number of nitrogens with two attached hydrogens (primary N) is 1. The molecule has 0 aliphatic carbocycles. The molecule has 0 spiro atoms. The maximum Gasteiger partial charge on any atom is 0.0485 e. The number of hydrogen-bond donors (Lipinski definition) is 1. The third-order valence-electron chi connectivity index (χ3n) is 3.51. The molecule has 0 radical (unpaired) electrons. The zero-order valence-electron chi connectivity index (χ0n) is 10.4. The predicted molar refractivity (Wildman–Crippen MR) is 81.8 cm³/mol. The fourth-order valence-corrected chi connectivity index (χ4v) is 4.08. The molecular formula is C13H18Cl2N2S. The summed E-state index contributed by atoms with van der Waals surface area (Å²) in [5.74, 6) is 2.40. The second-order valence-electron chi connectivity index (χ2n) is 4.60. The highest BCUT2D eigenvalue weighted by Gasteiger charge is 2.27. The van der Waals surface area contributed by atoms with E-state index in [0.29, 0.717) is 17.6 Å². The second-order valence-corrected chi connectivity index (χ2v) is 6.59. The summed E-state index contributed by atoms with van der Waals surface area (Å²) in [5, 5.41) is 1.45. The Hall–Kier alpha value is 0.0700. The first kappa shape index (κ1) is 14.5. The molecule has 1 heterocycles. The van der Waals surface area contributed by atoms with Gasteiger partial charge in [-0.25, -0.2) is 0 Å². The molecule has 1 aromatic carbocycles. The van der Waals surface area contributed by atoms with Crippen LogP contribution in [0.3, 0.4) is 0 Å². The second kappa shape index (κ2) is 6.49. The molecule has 18 heavy (non-hydrogen) atoms. The van der Waals surface area contributed by atoms with Crippen molar-refractivity contribution in [2.24, 2.45) is 5.73 Å². The summed E-state index contributed by atoms with van der Waals surface area (Å²) in [4.78, 5) is 2.34. The van der Waals surface area contributed by atoms with Gasteiger partial charge in [-0.05, 0) is 43.0 Å². The number of likely N-dealkylation sites (N-methyl/N-ethyl adjacent to an activating group) is 1. The molecule has 0 bridgehead atoms. The Morgan fingerprint density at radius 2 is 2.28 bits per heavy atom. The molecule has 2 nitrogen and oxygen atoms in total. The number of halogens is 2. The molecule has 0 aromatic heterocycles. The van der Waals surface area contributed by atoms with E-state index >= 15 is 0 Å². The molecule has 1 aliphatic heterocycles. The Bertz CT molecular complexity index is 408. The Morgan fingerprint density at radius 1 is 1.50 bits per heavy atom. The topological polar surface area (TPSA) is 29.3 Å². The van der Waals surface area contributed by atoms with Crippen LogP contribution in [0.4, 0.5) is 0 Å². The lowest BCUT2D eigenvalue weighted by molar-refractivity contribution is 0.193. The van der Waals surface area contributed by atoms with Crippen LogP contribution in [-0.2, 0) is 0 Å². The Kier molecular flexibility index (Phi) is 5.22. The van der Waals surface area contributed by atoms with Crippen LogP contribution in [0.1, 0.15) is 18.0 Å². The Labute approximate surface area is 123 Å². The first-order chi connectivity index (χ1) is 8.63. The van der Waals surface area contributed by atoms with Gasteiger partial charge in [0.05, 0.1) is 0 Å². The van der Waals surface area contributed by atoms with Crippen molar-refractivity contribution in [3.8, 4) is 0 Å². The third kappa shape index (κ3) is 3.14. The summed E-state index contributed by atoms with van der Waals surface area (Å²) in [5.41, 5.74) is 6.98. The van der Waals surface area contributed by atoms with Crippen LogP contribution < -0.4 is 5.73 Å². The van der Waals surface area contributed by atoms with Gasteiger partial charge in [-0.15, -0.1) is 0 Å². The molecule has 1 aliphatic rings. The van der Waals surface area contributed by atoms with E-state index in [1.807, 2.05) is 30.0 Å². The van der Waals surface area contributed by atoms with Crippen molar-refractivity contribution in [2.75, 3.05) is 25.1 Å².